The van der Waals surface area contributed by atoms with Crippen LogP contribution in [0.5, 0.6) is 5.75 Å². The van der Waals surface area contributed by atoms with E-state index in [2.05, 4.69) is 11.4 Å². The van der Waals surface area contributed by atoms with Crippen molar-refractivity contribution in [2.24, 2.45) is 0 Å². The van der Waals surface area contributed by atoms with Crippen LogP contribution in [0.1, 0.15) is 36.8 Å². The standard InChI is InChI=1S/C16H22N2O2/c1-19-16-6-5-13(11-17)10-14(16)12-20-9-7-15-4-2-3-8-18-15/h5-6,10,15,18H,2-4,7-9,12H2,1H3. The summed E-state index contributed by atoms with van der Waals surface area (Å²) < 4.78 is 11.0. The van der Waals surface area contributed by atoms with Crippen molar-refractivity contribution in [1.82, 2.24) is 5.32 Å². The van der Waals surface area contributed by atoms with Gasteiger partial charge in [-0.2, -0.15) is 5.26 Å². The number of rotatable bonds is 6. The third-order valence-corrected chi connectivity index (χ3v) is 3.69. The van der Waals surface area contributed by atoms with E-state index in [9.17, 15) is 0 Å². The molecule has 0 saturated carbocycles. The maximum Gasteiger partial charge on any atom is 0.124 e. The highest BCUT2D eigenvalue weighted by Gasteiger charge is 2.12. The molecule has 4 nitrogen and oxygen atoms in total. The van der Waals surface area contributed by atoms with Crippen LogP contribution in [0.25, 0.3) is 0 Å². The van der Waals surface area contributed by atoms with E-state index in [-0.39, 0.29) is 0 Å². The molecule has 1 aliphatic heterocycles. The lowest BCUT2D eigenvalue weighted by molar-refractivity contribution is 0.107. The fraction of sp³-hybridized carbons (Fsp3) is 0.562. The van der Waals surface area contributed by atoms with Gasteiger partial charge in [0.05, 0.1) is 25.3 Å². The third kappa shape index (κ3) is 4.22. The predicted molar refractivity (Wildman–Crippen MR) is 77.6 cm³/mol. The second kappa shape index (κ2) is 7.88. The molecule has 0 aliphatic carbocycles. The van der Waals surface area contributed by atoms with Crippen LogP contribution in [0.4, 0.5) is 0 Å². The quantitative estimate of drug-likeness (QED) is 0.810. The van der Waals surface area contributed by atoms with Gasteiger partial charge in [-0.05, 0) is 44.0 Å². The van der Waals surface area contributed by atoms with E-state index in [0.29, 0.717) is 18.2 Å². The first kappa shape index (κ1) is 14.8. The number of methoxy groups -OCH3 is 1. The van der Waals surface area contributed by atoms with E-state index < -0.39 is 0 Å². The summed E-state index contributed by atoms with van der Waals surface area (Å²) in [6.45, 7) is 2.35. The lowest BCUT2D eigenvalue weighted by atomic mass is 10.0. The van der Waals surface area contributed by atoms with Crippen molar-refractivity contribution in [2.45, 2.75) is 38.3 Å². The lowest BCUT2D eigenvalue weighted by Crippen LogP contribution is -2.34. The molecule has 108 valence electrons. The molecule has 0 bridgehead atoms. The Labute approximate surface area is 120 Å². The number of piperidine rings is 1. The smallest absolute Gasteiger partial charge is 0.124 e. The first-order chi connectivity index (χ1) is 9.83. The molecule has 0 amide bonds. The Balaban J connectivity index is 1.79. The van der Waals surface area contributed by atoms with Crippen molar-refractivity contribution in [1.29, 1.82) is 5.26 Å². The Hall–Kier alpha value is -1.57. The second-order valence-electron chi connectivity index (χ2n) is 5.13. The molecule has 1 saturated heterocycles. The SMILES string of the molecule is COc1ccc(C#N)cc1COCCC1CCCCN1. The van der Waals surface area contributed by atoms with E-state index in [4.69, 9.17) is 14.7 Å². The van der Waals surface area contributed by atoms with Gasteiger partial charge in [-0.15, -0.1) is 0 Å². The number of nitriles is 1. The first-order valence-electron chi connectivity index (χ1n) is 7.21. The van der Waals surface area contributed by atoms with Gasteiger partial charge >= 0.3 is 0 Å². The summed E-state index contributed by atoms with van der Waals surface area (Å²) in [6, 6.07) is 8.14. The van der Waals surface area contributed by atoms with Crippen molar-refractivity contribution in [3.8, 4) is 11.8 Å². The number of nitrogens with zero attached hydrogens (tertiary/aromatic N) is 1. The normalized spacial score (nSPS) is 18.5. The second-order valence-corrected chi connectivity index (χ2v) is 5.13. The van der Waals surface area contributed by atoms with Crippen molar-refractivity contribution in [3.63, 3.8) is 0 Å². The molecule has 4 heteroatoms. The van der Waals surface area contributed by atoms with Crippen molar-refractivity contribution >= 4 is 0 Å². The Kier molecular flexibility index (Phi) is 5.85. The molecular formula is C16H22N2O2. The van der Waals surface area contributed by atoms with E-state index in [1.807, 2.05) is 12.1 Å². The largest absolute Gasteiger partial charge is 0.496 e. The minimum Gasteiger partial charge on any atom is -0.496 e. The lowest BCUT2D eigenvalue weighted by Gasteiger charge is -2.23. The summed E-state index contributed by atoms with van der Waals surface area (Å²) >= 11 is 0. The van der Waals surface area contributed by atoms with Crippen molar-refractivity contribution < 1.29 is 9.47 Å². The van der Waals surface area contributed by atoms with Gasteiger partial charge in [-0.1, -0.05) is 6.42 Å². The summed E-state index contributed by atoms with van der Waals surface area (Å²) in [6.07, 6.45) is 4.89. The van der Waals surface area contributed by atoms with Gasteiger partial charge in [0, 0.05) is 18.2 Å². The van der Waals surface area contributed by atoms with Crippen LogP contribution in [-0.2, 0) is 11.3 Å². The highest BCUT2D eigenvalue weighted by Crippen LogP contribution is 2.20. The number of hydrogen-bond donors (Lipinski definition) is 1. The van der Waals surface area contributed by atoms with Crippen LogP contribution in [0, 0.1) is 11.3 Å². The summed E-state index contributed by atoms with van der Waals surface area (Å²) in [5.74, 6) is 0.778. The molecular weight excluding hydrogens is 252 g/mol. The van der Waals surface area contributed by atoms with E-state index in [1.54, 1.807) is 13.2 Å². The molecule has 0 aromatic heterocycles. The van der Waals surface area contributed by atoms with Gasteiger partial charge in [0.2, 0.25) is 0 Å². The van der Waals surface area contributed by atoms with Crippen LogP contribution in [-0.4, -0.2) is 26.3 Å². The average molecular weight is 274 g/mol. The molecule has 1 aliphatic rings. The Morgan fingerprint density at radius 3 is 3.00 bits per heavy atom. The Morgan fingerprint density at radius 2 is 2.30 bits per heavy atom. The van der Waals surface area contributed by atoms with Gasteiger partial charge in [0.15, 0.2) is 0 Å². The molecule has 1 fully saturated rings. The molecule has 1 unspecified atom stereocenters. The fourth-order valence-corrected chi connectivity index (χ4v) is 2.54. The topological polar surface area (TPSA) is 54.3 Å². The number of ether oxygens (including phenoxy) is 2. The molecule has 0 spiro atoms. The molecule has 2 rings (SSSR count). The van der Waals surface area contributed by atoms with Crippen LogP contribution in [0.15, 0.2) is 18.2 Å². The van der Waals surface area contributed by atoms with Gasteiger partial charge in [0.25, 0.3) is 0 Å². The number of benzene rings is 1. The summed E-state index contributed by atoms with van der Waals surface area (Å²) in [7, 11) is 1.64. The highest BCUT2D eigenvalue weighted by atomic mass is 16.5. The van der Waals surface area contributed by atoms with E-state index in [1.165, 1.54) is 19.3 Å². The van der Waals surface area contributed by atoms with Crippen LogP contribution < -0.4 is 10.1 Å². The maximum absolute atomic E-state index is 8.93. The molecule has 1 atom stereocenters. The predicted octanol–water partition coefficient (Wildman–Crippen LogP) is 2.62. The summed E-state index contributed by atoms with van der Waals surface area (Å²) in [5.41, 5.74) is 1.57. The minimum absolute atomic E-state index is 0.491. The third-order valence-electron chi connectivity index (χ3n) is 3.69. The fourth-order valence-electron chi connectivity index (χ4n) is 2.54. The van der Waals surface area contributed by atoms with Crippen LogP contribution in [0.2, 0.25) is 0 Å². The summed E-state index contributed by atoms with van der Waals surface area (Å²) in [4.78, 5) is 0. The zero-order valence-corrected chi connectivity index (χ0v) is 12.0. The minimum atomic E-state index is 0.491. The molecule has 1 aromatic rings. The number of nitrogens with one attached hydrogen (secondary N) is 1. The zero-order valence-electron chi connectivity index (χ0n) is 12.0. The van der Waals surface area contributed by atoms with E-state index >= 15 is 0 Å². The van der Waals surface area contributed by atoms with Gasteiger partial charge in [0.1, 0.15) is 5.75 Å². The van der Waals surface area contributed by atoms with Crippen LogP contribution >= 0.6 is 0 Å². The Morgan fingerprint density at radius 1 is 1.40 bits per heavy atom. The molecule has 20 heavy (non-hydrogen) atoms. The average Bonchev–Trinajstić information content (AvgIpc) is 2.52. The van der Waals surface area contributed by atoms with Crippen LogP contribution in [0.3, 0.4) is 0 Å². The zero-order chi connectivity index (χ0) is 14.2. The number of hydrogen-bond acceptors (Lipinski definition) is 4. The van der Waals surface area contributed by atoms with Crippen molar-refractivity contribution in [2.75, 3.05) is 20.3 Å². The maximum atomic E-state index is 8.93. The van der Waals surface area contributed by atoms with Gasteiger partial charge in [-0.3, -0.25) is 0 Å². The highest BCUT2D eigenvalue weighted by molar-refractivity contribution is 5.41. The molecule has 0 radical (unpaired) electrons. The van der Waals surface area contributed by atoms with E-state index in [0.717, 1.165) is 30.9 Å². The molecule has 1 heterocycles. The monoisotopic (exact) mass is 274 g/mol. The summed E-state index contributed by atoms with van der Waals surface area (Å²) in [5, 5.41) is 12.4. The van der Waals surface area contributed by atoms with Crippen molar-refractivity contribution in [3.05, 3.63) is 29.3 Å². The van der Waals surface area contributed by atoms with Gasteiger partial charge in [-0.25, -0.2) is 0 Å². The molecule has 1 aromatic carbocycles. The first-order valence-corrected chi connectivity index (χ1v) is 7.21. The van der Waals surface area contributed by atoms with Gasteiger partial charge < -0.3 is 14.8 Å². The Bertz CT molecular complexity index is 462. The molecule has 1 N–H and O–H groups in total.